The van der Waals surface area contributed by atoms with Crippen LogP contribution in [0.3, 0.4) is 0 Å². The average Bonchev–Trinajstić information content (AvgIpc) is 3.22. The summed E-state index contributed by atoms with van der Waals surface area (Å²) in [5.41, 5.74) is 0.0348. The lowest BCUT2D eigenvalue weighted by molar-refractivity contribution is -0.268. The summed E-state index contributed by atoms with van der Waals surface area (Å²) in [4.78, 5) is 0.300. The van der Waals surface area contributed by atoms with E-state index in [9.17, 15) is 10.2 Å². The predicted molar refractivity (Wildman–Crippen MR) is 135 cm³/mol. The van der Waals surface area contributed by atoms with Crippen molar-refractivity contribution in [3.63, 3.8) is 0 Å². The molecule has 2 heterocycles. The zero-order chi connectivity index (χ0) is 23.5. The first-order valence-electron chi connectivity index (χ1n) is 13.5. The van der Waals surface area contributed by atoms with Gasteiger partial charge in [0, 0.05) is 22.1 Å². The van der Waals surface area contributed by atoms with Gasteiger partial charge >= 0.3 is 0 Å². The molecule has 6 aliphatic rings. The van der Waals surface area contributed by atoms with Gasteiger partial charge in [-0.1, -0.05) is 59.6 Å². The SMILES string of the molecule is C[C@H]1CO[C@@]2(O[C@H]3C[C@H]4[C@@H]5CCC6C[C@@H](O)CC[C@]6(C)[C@H]5C(Br)[C@@H](O)[C@]4(C)[C@H]3[C@@H]2C)C(Br)C1. The van der Waals surface area contributed by atoms with Crippen molar-refractivity contribution >= 4 is 31.9 Å². The maximum atomic E-state index is 12.1. The van der Waals surface area contributed by atoms with E-state index in [2.05, 4.69) is 59.6 Å². The number of halogens is 2. The van der Waals surface area contributed by atoms with Gasteiger partial charge in [0.1, 0.15) is 0 Å². The third-order valence-electron chi connectivity index (χ3n) is 11.9. The summed E-state index contributed by atoms with van der Waals surface area (Å²) in [6.07, 6.45) is 7.12. The highest BCUT2D eigenvalue weighted by atomic mass is 79.9. The van der Waals surface area contributed by atoms with Crippen LogP contribution in [0.4, 0.5) is 0 Å². The Morgan fingerprint density at radius 1 is 0.939 bits per heavy atom. The molecule has 0 amide bonds. The first kappa shape index (κ1) is 24.2. The molecule has 188 valence electrons. The average molecular weight is 590 g/mol. The molecule has 6 heteroatoms. The topological polar surface area (TPSA) is 58.9 Å². The van der Waals surface area contributed by atoms with E-state index in [0.29, 0.717) is 35.5 Å². The van der Waals surface area contributed by atoms with Crippen molar-refractivity contribution in [1.82, 2.24) is 0 Å². The van der Waals surface area contributed by atoms with Crippen molar-refractivity contribution in [3.8, 4) is 0 Å². The number of fused-ring (bicyclic) bond motifs is 7. The molecule has 33 heavy (non-hydrogen) atoms. The Kier molecular flexibility index (Phi) is 5.78. The molecular weight excluding hydrogens is 548 g/mol. The Hall–Kier alpha value is 0.800. The fraction of sp³-hybridized carbons (Fsp3) is 1.00. The molecule has 0 aromatic rings. The standard InChI is InChI=1S/C27H42Br2O4/c1-13-9-20(28)27(32-12-13)14(2)21-19(33-27)11-18-17-6-5-15-10-16(30)7-8-25(15,3)22(17)23(29)24(31)26(18,21)4/h13-24,30-31H,5-12H2,1-4H3/t13-,14+,15?,16+,17+,18+,19+,20?,21+,22-,23?,24-,25+,26+,27+/m1/s1. The van der Waals surface area contributed by atoms with E-state index in [4.69, 9.17) is 9.47 Å². The minimum Gasteiger partial charge on any atom is -0.393 e. The van der Waals surface area contributed by atoms with Crippen LogP contribution < -0.4 is 0 Å². The summed E-state index contributed by atoms with van der Waals surface area (Å²) in [5, 5.41) is 22.4. The van der Waals surface area contributed by atoms with Crippen molar-refractivity contribution in [2.45, 2.75) is 106 Å². The highest BCUT2D eigenvalue weighted by Gasteiger charge is 2.74. The van der Waals surface area contributed by atoms with Crippen molar-refractivity contribution in [1.29, 1.82) is 0 Å². The zero-order valence-electron chi connectivity index (χ0n) is 20.6. The van der Waals surface area contributed by atoms with E-state index in [1.807, 2.05) is 0 Å². The van der Waals surface area contributed by atoms with Crippen molar-refractivity contribution in [2.24, 2.45) is 52.3 Å². The van der Waals surface area contributed by atoms with E-state index in [-0.39, 0.29) is 38.6 Å². The number of alkyl halides is 2. The first-order valence-corrected chi connectivity index (χ1v) is 15.3. The third-order valence-corrected chi connectivity index (χ3v) is 14.0. The smallest absolute Gasteiger partial charge is 0.184 e. The van der Waals surface area contributed by atoms with Crippen molar-refractivity contribution < 1.29 is 19.7 Å². The summed E-state index contributed by atoms with van der Waals surface area (Å²) in [6, 6.07) is 0. The predicted octanol–water partition coefficient (Wildman–Crippen LogP) is 5.51. The molecule has 3 unspecified atom stereocenters. The van der Waals surface area contributed by atoms with Gasteiger partial charge in [0.15, 0.2) is 5.79 Å². The van der Waals surface area contributed by atoms with Crippen LogP contribution in [0.25, 0.3) is 0 Å². The van der Waals surface area contributed by atoms with E-state index in [0.717, 1.165) is 38.7 Å². The molecule has 0 aromatic carbocycles. The number of rotatable bonds is 0. The van der Waals surface area contributed by atoms with E-state index in [1.54, 1.807) is 0 Å². The molecule has 6 rings (SSSR count). The van der Waals surface area contributed by atoms with Crippen LogP contribution in [0, 0.1) is 52.3 Å². The van der Waals surface area contributed by atoms with Crippen molar-refractivity contribution in [3.05, 3.63) is 0 Å². The molecule has 4 saturated carbocycles. The maximum absolute atomic E-state index is 12.1. The van der Waals surface area contributed by atoms with Gasteiger partial charge < -0.3 is 19.7 Å². The van der Waals surface area contributed by atoms with Crippen LogP contribution in [-0.4, -0.2) is 50.6 Å². The van der Waals surface area contributed by atoms with Gasteiger partial charge in [0.05, 0.1) is 29.7 Å². The fourth-order valence-electron chi connectivity index (χ4n) is 10.3. The molecule has 4 nitrogen and oxygen atoms in total. The Morgan fingerprint density at radius 3 is 2.42 bits per heavy atom. The molecule has 0 aromatic heterocycles. The molecule has 2 N–H and O–H groups in total. The number of hydrogen-bond acceptors (Lipinski definition) is 4. The number of hydrogen-bond donors (Lipinski definition) is 2. The van der Waals surface area contributed by atoms with E-state index < -0.39 is 11.9 Å². The van der Waals surface area contributed by atoms with Crippen molar-refractivity contribution in [2.75, 3.05) is 6.61 Å². The largest absolute Gasteiger partial charge is 0.393 e. The van der Waals surface area contributed by atoms with Crippen LogP contribution in [-0.2, 0) is 9.47 Å². The first-order chi connectivity index (χ1) is 15.5. The lowest BCUT2D eigenvalue weighted by Crippen LogP contribution is -2.64. The number of aliphatic hydroxyl groups excluding tert-OH is 2. The molecule has 1 spiro atoms. The highest BCUT2D eigenvalue weighted by Crippen LogP contribution is 2.72. The van der Waals surface area contributed by atoms with Gasteiger partial charge in [-0.05, 0) is 80.0 Å². The summed E-state index contributed by atoms with van der Waals surface area (Å²) >= 11 is 8.07. The monoisotopic (exact) mass is 588 g/mol. The van der Waals surface area contributed by atoms with Crippen LogP contribution in [0.5, 0.6) is 0 Å². The van der Waals surface area contributed by atoms with E-state index in [1.165, 1.54) is 12.8 Å². The van der Waals surface area contributed by atoms with Gasteiger partial charge in [0.2, 0.25) is 0 Å². The Bertz CT molecular complexity index is 796. The number of ether oxygens (including phenoxy) is 2. The van der Waals surface area contributed by atoms with Crippen LogP contribution >= 0.6 is 31.9 Å². The second-order valence-corrected chi connectivity index (χ2v) is 15.5. The Morgan fingerprint density at radius 2 is 1.70 bits per heavy atom. The minimum atomic E-state index is -0.558. The summed E-state index contributed by atoms with van der Waals surface area (Å²) in [7, 11) is 0. The molecule has 15 atom stereocenters. The van der Waals surface area contributed by atoms with Gasteiger partial charge in [0.25, 0.3) is 0 Å². The molecule has 6 fully saturated rings. The van der Waals surface area contributed by atoms with Crippen LogP contribution in [0.2, 0.25) is 0 Å². The molecule has 4 aliphatic carbocycles. The number of aliphatic hydroxyl groups is 2. The van der Waals surface area contributed by atoms with Crippen LogP contribution in [0.15, 0.2) is 0 Å². The normalized spacial score (nSPS) is 64.7. The molecule has 0 bridgehead atoms. The Balaban J connectivity index is 1.34. The van der Waals surface area contributed by atoms with Gasteiger partial charge in [-0.15, -0.1) is 0 Å². The molecule has 0 radical (unpaired) electrons. The quantitative estimate of drug-likeness (QED) is 0.366. The Labute approximate surface area is 216 Å². The minimum absolute atomic E-state index is 0.0985. The molecule has 2 saturated heterocycles. The van der Waals surface area contributed by atoms with Gasteiger partial charge in [-0.2, -0.15) is 0 Å². The second-order valence-electron chi connectivity index (χ2n) is 13.3. The third kappa shape index (κ3) is 3.06. The van der Waals surface area contributed by atoms with Gasteiger partial charge in [-0.25, -0.2) is 0 Å². The molecule has 2 aliphatic heterocycles. The molecular formula is C27H42Br2O4. The maximum Gasteiger partial charge on any atom is 0.184 e. The van der Waals surface area contributed by atoms with E-state index >= 15 is 0 Å². The summed E-state index contributed by atoms with van der Waals surface area (Å²) in [5.74, 6) is 2.68. The summed E-state index contributed by atoms with van der Waals surface area (Å²) in [6.45, 7) is 10.2. The summed E-state index contributed by atoms with van der Waals surface area (Å²) < 4.78 is 13.4. The van der Waals surface area contributed by atoms with Gasteiger partial charge in [-0.3, -0.25) is 0 Å². The second kappa shape index (κ2) is 7.90. The van der Waals surface area contributed by atoms with Crippen LogP contribution in [0.1, 0.15) is 72.6 Å². The lowest BCUT2D eigenvalue weighted by atomic mass is 9.43. The highest BCUT2D eigenvalue weighted by molar-refractivity contribution is 9.09. The lowest BCUT2D eigenvalue weighted by Gasteiger charge is -2.64. The fourth-order valence-corrected chi connectivity index (χ4v) is 13.2. The zero-order valence-corrected chi connectivity index (χ0v) is 23.7.